The number of hydrogen-bond donors (Lipinski definition) is 0. The Bertz CT molecular complexity index is 886. The van der Waals surface area contributed by atoms with Crippen LogP contribution < -0.4 is 9.80 Å². The van der Waals surface area contributed by atoms with Crippen molar-refractivity contribution in [1.29, 1.82) is 0 Å². The lowest BCUT2D eigenvalue weighted by Crippen LogP contribution is -2.38. The summed E-state index contributed by atoms with van der Waals surface area (Å²) in [6, 6.07) is 10.7. The number of anilines is 2. The third kappa shape index (κ3) is 3.85. The van der Waals surface area contributed by atoms with Crippen LogP contribution in [0.5, 0.6) is 0 Å². The zero-order chi connectivity index (χ0) is 18.7. The fourth-order valence-corrected chi connectivity index (χ4v) is 4.86. The lowest BCUT2D eigenvalue weighted by Gasteiger charge is -2.27. The third-order valence-corrected chi connectivity index (χ3v) is 6.31. The van der Waals surface area contributed by atoms with Crippen LogP contribution in [0.3, 0.4) is 0 Å². The molecule has 1 aliphatic heterocycles. The number of para-hydroxylation sites is 1. The Morgan fingerprint density at radius 3 is 2.58 bits per heavy atom. The van der Waals surface area contributed by atoms with Gasteiger partial charge in [0.1, 0.15) is 5.69 Å². The van der Waals surface area contributed by atoms with E-state index in [1.165, 1.54) is 4.90 Å². The quantitative estimate of drug-likeness (QED) is 0.793. The van der Waals surface area contributed by atoms with E-state index in [0.29, 0.717) is 18.9 Å². The van der Waals surface area contributed by atoms with Crippen molar-refractivity contribution in [3.8, 4) is 0 Å². The van der Waals surface area contributed by atoms with Gasteiger partial charge in [-0.2, -0.15) is 0 Å². The van der Waals surface area contributed by atoms with E-state index in [1.54, 1.807) is 19.3 Å². The number of nitrogens with zero attached hydrogens (tertiary/aromatic N) is 4. The number of benzene rings is 1. The van der Waals surface area contributed by atoms with Crippen molar-refractivity contribution in [2.75, 3.05) is 34.9 Å². The number of rotatable bonds is 5. The van der Waals surface area contributed by atoms with Crippen molar-refractivity contribution in [2.24, 2.45) is 0 Å². The minimum atomic E-state index is -3.01. The molecule has 1 saturated heterocycles. The Hall–Kier alpha value is -2.48. The van der Waals surface area contributed by atoms with Gasteiger partial charge in [-0.3, -0.25) is 4.79 Å². The average Bonchev–Trinajstić information content (AvgIpc) is 3.01. The van der Waals surface area contributed by atoms with Gasteiger partial charge in [-0.15, -0.1) is 0 Å². The van der Waals surface area contributed by atoms with Gasteiger partial charge >= 0.3 is 0 Å². The summed E-state index contributed by atoms with van der Waals surface area (Å²) in [5.41, 5.74) is 1.05. The number of amides is 1. The zero-order valence-electron chi connectivity index (χ0n) is 14.9. The summed E-state index contributed by atoms with van der Waals surface area (Å²) < 4.78 is 23.6. The van der Waals surface area contributed by atoms with Gasteiger partial charge in [0.2, 0.25) is 5.95 Å². The van der Waals surface area contributed by atoms with E-state index in [9.17, 15) is 13.2 Å². The van der Waals surface area contributed by atoms with Crippen LogP contribution in [0, 0.1) is 0 Å². The maximum absolute atomic E-state index is 12.8. The Kier molecular flexibility index (Phi) is 5.22. The van der Waals surface area contributed by atoms with Crippen molar-refractivity contribution in [2.45, 2.75) is 19.4 Å². The second-order valence-corrected chi connectivity index (χ2v) is 8.51. The van der Waals surface area contributed by atoms with Gasteiger partial charge in [0.15, 0.2) is 9.84 Å². The molecule has 1 aromatic carbocycles. The molecule has 0 N–H and O–H groups in total. The SMILES string of the molecule is CCN(c1nccc(C(=O)N(C)c2ccccc2)n1)C1CCS(=O)(=O)C1. The molecular formula is C18H22N4O3S. The Morgan fingerprint density at radius 2 is 1.96 bits per heavy atom. The Balaban J connectivity index is 1.84. The topological polar surface area (TPSA) is 83.5 Å². The smallest absolute Gasteiger partial charge is 0.276 e. The van der Waals surface area contributed by atoms with Crippen LogP contribution in [0.4, 0.5) is 11.6 Å². The van der Waals surface area contributed by atoms with E-state index in [1.807, 2.05) is 42.2 Å². The van der Waals surface area contributed by atoms with Crippen LogP contribution in [0.25, 0.3) is 0 Å². The van der Waals surface area contributed by atoms with E-state index in [-0.39, 0.29) is 29.1 Å². The summed E-state index contributed by atoms with van der Waals surface area (Å²) in [7, 11) is -1.31. The summed E-state index contributed by atoms with van der Waals surface area (Å²) in [6.07, 6.45) is 2.10. The first-order chi connectivity index (χ1) is 12.4. The van der Waals surface area contributed by atoms with Crippen molar-refractivity contribution in [3.05, 3.63) is 48.3 Å². The Labute approximate surface area is 153 Å². The summed E-state index contributed by atoms with van der Waals surface area (Å²) in [4.78, 5) is 24.8. The molecular weight excluding hydrogens is 352 g/mol. The van der Waals surface area contributed by atoms with Gasteiger partial charge < -0.3 is 9.80 Å². The molecule has 0 saturated carbocycles. The van der Waals surface area contributed by atoms with Crippen molar-refractivity contribution < 1.29 is 13.2 Å². The number of hydrogen-bond acceptors (Lipinski definition) is 6. The molecule has 1 fully saturated rings. The first-order valence-corrected chi connectivity index (χ1v) is 10.4. The molecule has 1 aliphatic rings. The molecule has 8 heteroatoms. The highest BCUT2D eigenvalue weighted by Gasteiger charge is 2.33. The van der Waals surface area contributed by atoms with Crippen LogP contribution in [0.15, 0.2) is 42.6 Å². The second-order valence-electron chi connectivity index (χ2n) is 6.28. The molecule has 1 amide bonds. The molecule has 2 heterocycles. The van der Waals surface area contributed by atoms with Crippen LogP contribution in [-0.4, -0.2) is 55.4 Å². The van der Waals surface area contributed by atoms with E-state index in [4.69, 9.17) is 0 Å². The fraction of sp³-hybridized carbons (Fsp3) is 0.389. The Morgan fingerprint density at radius 1 is 1.23 bits per heavy atom. The van der Waals surface area contributed by atoms with E-state index in [2.05, 4.69) is 9.97 Å². The molecule has 26 heavy (non-hydrogen) atoms. The van der Waals surface area contributed by atoms with Crippen molar-refractivity contribution in [3.63, 3.8) is 0 Å². The normalized spacial score (nSPS) is 18.5. The van der Waals surface area contributed by atoms with Crippen LogP contribution in [0.1, 0.15) is 23.8 Å². The van der Waals surface area contributed by atoms with Gasteiger partial charge in [0.25, 0.3) is 5.91 Å². The minimum absolute atomic E-state index is 0.103. The summed E-state index contributed by atoms with van der Waals surface area (Å²) in [6.45, 7) is 2.51. The van der Waals surface area contributed by atoms with Gasteiger partial charge in [0, 0.05) is 31.5 Å². The van der Waals surface area contributed by atoms with E-state index >= 15 is 0 Å². The third-order valence-electron chi connectivity index (χ3n) is 4.56. The summed E-state index contributed by atoms with van der Waals surface area (Å²) in [5, 5.41) is 0. The first kappa shape index (κ1) is 18.3. The van der Waals surface area contributed by atoms with E-state index < -0.39 is 9.84 Å². The van der Waals surface area contributed by atoms with Gasteiger partial charge in [-0.1, -0.05) is 18.2 Å². The standard InChI is InChI=1S/C18H22N4O3S/c1-3-22(15-10-12-26(24,25)13-15)18-19-11-9-16(20-18)17(23)21(2)14-7-5-4-6-8-14/h4-9,11,15H,3,10,12-13H2,1-2H3. The summed E-state index contributed by atoms with van der Waals surface area (Å²) >= 11 is 0. The molecule has 1 atom stereocenters. The molecule has 0 spiro atoms. The average molecular weight is 374 g/mol. The fourth-order valence-electron chi connectivity index (χ4n) is 3.13. The zero-order valence-corrected chi connectivity index (χ0v) is 15.7. The largest absolute Gasteiger partial charge is 0.337 e. The molecule has 0 aliphatic carbocycles. The predicted octanol–water partition coefficient (Wildman–Crippen LogP) is 1.77. The number of aromatic nitrogens is 2. The monoisotopic (exact) mass is 374 g/mol. The van der Waals surface area contributed by atoms with Crippen LogP contribution >= 0.6 is 0 Å². The highest BCUT2D eigenvalue weighted by Crippen LogP contribution is 2.22. The second kappa shape index (κ2) is 7.41. The minimum Gasteiger partial charge on any atom is -0.337 e. The highest BCUT2D eigenvalue weighted by atomic mass is 32.2. The molecule has 138 valence electrons. The van der Waals surface area contributed by atoms with Gasteiger partial charge in [-0.25, -0.2) is 18.4 Å². The molecule has 7 nitrogen and oxygen atoms in total. The van der Waals surface area contributed by atoms with E-state index in [0.717, 1.165) is 5.69 Å². The molecule has 0 bridgehead atoms. The summed E-state index contributed by atoms with van der Waals surface area (Å²) in [5.74, 6) is 0.437. The maximum Gasteiger partial charge on any atom is 0.276 e. The van der Waals surface area contributed by atoms with Gasteiger partial charge in [0.05, 0.1) is 11.5 Å². The number of carbonyl (C=O) groups excluding carboxylic acids is 1. The highest BCUT2D eigenvalue weighted by molar-refractivity contribution is 7.91. The van der Waals surface area contributed by atoms with Crippen LogP contribution in [-0.2, 0) is 9.84 Å². The predicted molar refractivity (Wildman–Crippen MR) is 101 cm³/mol. The number of carbonyl (C=O) groups is 1. The maximum atomic E-state index is 12.8. The molecule has 2 aromatic rings. The molecule has 1 unspecified atom stereocenters. The molecule has 3 rings (SSSR count). The van der Waals surface area contributed by atoms with Crippen molar-refractivity contribution >= 4 is 27.4 Å². The lowest BCUT2D eigenvalue weighted by molar-refractivity contribution is 0.0988. The van der Waals surface area contributed by atoms with Crippen molar-refractivity contribution in [1.82, 2.24) is 9.97 Å². The first-order valence-electron chi connectivity index (χ1n) is 8.54. The van der Waals surface area contributed by atoms with Crippen LogP contribution in [0.2, 0.25) is 0 Å². The van der Waals surface area contributed by atoms with Gasteiger partial charge in [-0.05, 0) is 31.5 Å². The molecule has 0 radical (unpaired) electrons. The molecule has 1 aromatic heterocycles. The number of sulfone groups is 1. The lowest BCUT2D eigenvalue weighted by atomic mass is 10.2.